The molecule has 0 saturated heterocycles. The molecule has 4 rings (SSSR count). The molecule has 0 aromatic heterocycles. The first-order valence-electron chi connectivity index (χ1n) is 8.33. The van der Waals surface area contributed by atoms with Crippen LogP contribution in [-0.4, -0.2) is 5.71 Å². The minimum Gasteiger partial charge on any atom is -0.812 e. The predicted molar refractivity (Wildman–Crippen MR) is 104 cm³/mol. The Morgan fingerprint density at radius 2 is 1.40 bits per heavy atom. The van der Waals surface area contributed by atoms with Gasteiger partial charge in [0.05, 0.1) is 0 Å². The van der Waals surface area contributed by atoms with Gasteiger partial charge in [0, 0.05) is 26.2 Å². The molecule has 2 heteroatoms. The van der Waals surface area contributed by atoms with Crippen LogP contribution in [0.2, 0.25) is 0 Å². The van der Waals surface area contributed by atoms with Gasteiger partial charge in [0.1, 0.15) is 0 Å². The smallest absolute Gasteiger partial charge is 0 e. The first kappa shape index (κ1) is 21.4. The zero-order chi connectivity index (χ0) is 17.4. The molecule has 1 unspecified atom stereocenters. The van der Waals surface area contributed by atoms with Gasteiger partial charge >= 0.3 is 0 Å². The molecular formula is C23H25NZr-8. The molecular weight excluding hydrogens is 381 g/mol. The van der Waals surface area contributed by atoms with Gasteiger partial charge in [-0.05, 0) is 5.41 Å². The van der Waals surface area contributed by atoms with Gasteiger partial charge in [0.2, 0.25) is 0 Å². The number of hydrogen-bond acceptors (Lipinski definition) is 0. The summed E-state index contributed by atoms with van der Waals surface area (Å²) in [6, 6.07) is 28.2. The third kappa shape index (κ3) is 6.63. The number of nitrogens with zero attached hydrogens (tertiary/aromatic N) is 1. The molecule has 0 radical (unpaired) electrons. The van der Waals surface area contributed by atoms with E-state index in [0.717, 1.165) is 0 Å². The van der Waals surface area contributed by atoms with Crippen LogP contribution in [0.3, 0.4) is 0 Å². The number of rotatable bonds is 1. The Bertz CT molecular complexity index is 642. The molecule has 0 bridgehead atoms. The molecule has 134 valence electrons. The molecule has 1 aliphatic rings. The van der Waals surface area contributed by atoms with E-state index in [2.05, 4.69) is 18.6 Å². The van der Waals surface area contributed by atoms with E-state index in [1.807, 2.05) is 93.6 Å². The van der Waals surface area contributed by atoms with Crippen molar-refractivity contribution in [1.82, 2.24) is 0 Å². The van der Waals surface area contributed by atoms with Gasteiger partial charge in [-0.2, -0.15) is 41.8 Å². The summed E-state index contributed by atoms with van der Waals surface area (Å²) in [6.07, 6.45) is 2.12. The summed E-state index contributed by atoms with van der Waals surface area (Å²) in [4.78, 5) is 0. The van der Waals surface area contributed by atoms with Crippen molar-refractivity contribution in [3.63, 3.8) is 0 Å². The van der Waals surface area contributed by atoms with Gasteiger partial charge in [-0.1, -0.05) is 32.8 Å². The summed E-state index contributed by atoms with van der Waals surface area (Å²) >= 11 is 0. The standard InChI is InChI=1S/C13H15N.2C5H5.Zr/c1-13(2,3)12(14)11-8-9-6-4-5-7-10(9)11;2*1-2-4-5-3-1;/h4-8,11H,1-3H3;2*1-5H;/q-2;-5;-1;. The van der Waals surface area contributed by atoms with E-state index in [9.17, 15) is 5.41 Å². The fourth-order valence-electron chi connectivity index (χ4n) is 2.45. The Balaban J connectivity index is 0.000000233. The van der Waals surface area contributed by atoms with Gasteiger partial charge in [-0.3, -0.25) is 0 Å². The number of hydrogen-bond donors (Lipinski definition) is 0. The van der Waals surface area contributed by atoms with E-state index in [0.29, 0.717) is 5.71 Å². The molecule has 3 aromatic rings. The van der Waals surface area contributed by atoms with Crippen LogP contribution in [0.15, 0.2) is 84.9 Å². The second kappa shape index (κ2) is 10.4. The molecule has 0 fully saturated rings. The van der Waals surface area contributed by atoms with E-state index in [-0.39, 0.29) is 37.5 Å². The van der Waals surface area contributed by atoms with Crippen molar-refractivity contribution in [2.45, 2.75) is 26.7 Å². The molecule has 0 heterocycles. The molecule has 3 aromatic carbocycles. The van der Waals surface area contributed by atoms with E-state index >= 15 is 0 Å². The van der Waals surface area contributed by atoms with E-state index in [1.54, 1.807) is 0 Å². The van der Waals surface area contributed by atoms with Crippen LogP contribution in [-0.2, 0) is 26.2 Å². The SMILES string of the molecule is CC(C)(C)C(=[N-])C1[CH-]c2ccccc21.[Zr].[cH-]1[cH-][cH-][cH-][cH-]1.c1cc[cH-]c1. The maximum atomic E-state index is 10.0. The van der Waals surface area contributed by atoms with Crippen LogP contribution in [0.1, 0.15) is 37.8 Å². The Hall–Kier alpha value is -1.66. The minimum atomic E-state index is -0.130. The van der Waals surface area contributed by atoms with Crippen molar-refractivity contribution in [3.05, 3.63) is 108 Å². The molecule has 1 nitrogen and oxygen atoms in total. The third-order valence-electron chi connectivity index (χ3n) is 3.85. The normalized spacial score (nSPS) is 14.0. The van der Waals surface area contributed by atoms with Gasteiger partial charge in [0.15, 0.2) is 0 Å². The van der Waals surface area contributed by atoms with Gasteiger partial charge in [-0.15, -0.1) is 12.1 Å². The Morgan fingerprint density at radius 1 is 0.880 bits per heavy atom. The zero-order valence-corrected chi connectivity index (χ0v) is 17.6. The zero-order valence-electron chi connectivity index (χ0n) is 15.2. The Kier molecular flexibility index (Phi) is 8.86. The summed E-state index contributed by atoms with van der Waals surface area (Å²) < 4.78 is 0. The second-order valence-corrected chi connectivity index (χ2v) is 6.83. The first-order chi connectivity index (χ1) is 11.5. The average Bonchev–Trinajstić information content (AvgIpc) is 3.26. The van der Waals surface area contributed by atoms with Crippen LogP contribution in [0.25, 0.3) is 5.41 Å². The van der Waals surface area contributed by atoms with Crippen molar-refractivity contribution < 1.29 is 26.2 Å². The topological polar surface area (TPSA) is 22.3 Å². The summed E-state index contributed by atoms with van der Waals surface area (Å²) in [5.41, 5.74) is 2.94. The predicted octanol–water partition coefficient (Wildman–Crippen LogP) is 6.20. The van der Waals surface area contributed by atoms with E-state index in [1.165, 1.54) is 11.1 Å². The summed E-state index contributed by atoms with van der Waals surface area (Å²) in [5.74, 6) is 0.145. The molecule has 0 saturated carbocycles. The largest absolute Gasteiger partial charge is 0.812 e. The van der Waals surface area contributed by atoms with E-state index < -0.39 is 0 Å². The fourth-order valence-corrected chi connectivity index (χ4v) is 2.45. The quantitative estimate of drug-likeness (QED) is 0.339. The monoisotopic (exact) mass is 405 g/mol. The summed E-state index contributed by atoms with van der Waals surface area (Å²) in [5, 5.41) is 10.0. The molecule has 0 spiro atoms. The summed E-state index contributed by atoms with van der Waals surface area (Å²) in [6.45, 7) is 6.12. The van der Waals surface area contributed by atoms with Crippen molar-refractivity contribution in [1.29, 1.82) is 0 Å². The molecule has 1 aliphatic carbocycles. The number of benzene rings is 1. The number of fused-ring (bicyclic) bond motifs is 1. The van der Waals surface area contributed by atoms with Gasteiger partial charge in [0.25, 0.3) is 0 Å². The molecule has 1 atom stereocenters. The second-order valence-electron chi connectivity index (χ2n) is 6.83. The van der Waals surface area contributed by atoms with Crippen molar-refractivity contribution in [2.75, 3.05) is 0 Å². The van der Waals surface area contributed by atoms with Crippen LogP contribution in [0, 0.1) is 11.8 Å². The fraction of sp³-hybridized carbons (Fsp3) is 0.217. The Morgan fingerprint density at radius 3 is 1.80 bits per heavy atom. The molecule has 0 aliphatic heterocycles. The Labute approximate surface area is 171 Å². The first-order valence-corrected chi connectivity index (χ1v) is 8.33. The molecule has 0 N–H and O–H groups in total. The van der Waals surface area contributed by atoms with Gasteiger partial charge < -0.3 is 35.7 Å². The van der Waals surface area contributed by atoms with Crippen LogP contribution < -0.4 is 0 Å². The van der Waals surface area contributed by atoms with Gasteiger partial charge in [-0.25, -0.2) is 17.8 Å². The average molecular weight is 407 g/mol. The molecule has 0 amide bonds. The van der Waals surface area contributed by atoms with Crippen LogP contribution >= 0.6 is 0 Å². The minimum absolute atomic E-state index is 0. The van der Waals surface area contributed by atoms with Crippen molar-refractivity contribution >= 4 is 5.71 Å². The van der Waals surface area contributed by atoms with Crippen LogP contribution in [0.5, 0.6) is 0 Å². The van der Waals surface area contributed by atoms with Crippen LogP contribution in [0.4, 0.5) is 0 Å². The maximum absolute atomic E-state index is 10.0. The molecule has 25 heavy (non-hydrogen) atoms. The summed E-state index contributed by atoms with van der Waals surface area (Å²) in [7, 11) is 0. The third-order valence-corrected chi connectivity index (χ3v) is 3.85. The van der Waals surface area contributed by atoms with E-state index in [4.69, 9.17) is 0 Å². The van der Waals surface area contributed by atoms with Crippen molar-refractivity contribution in [3.8, 4) is 0 Å². The van der Waals surface area contributed by atoms with Crippen molar-refractivity contribution in [2.24, 2.45) is 5.41 Å². The maximum Gasteiger partial charge on any atom is 0 e.